The summed E-state index contributed by atoms with van der Waals surface area (Å²) in [5.74, 6) is 0.901. The van der Waals surface area contributed by atoms with Gasteiger partial charge >= 0.3 is 0 Å². The van der Waals surface area contributed by atoms with Gasteiger partial charge in [0.2, 0.25) is 5.56 Å². The number of rotatable bonds is 7. The molecule has 1 aliphatic heterocycles. The van der Waals surface area contributed by atoms with E-state index in [1.807, 2.05) is 18.3 Å². The zero-order valence-electron chi connectivity index (χ0n) is 23.5. The Bertz CT molecular complexity index is 1650. The number of aromatic nitrogens is 2. The highest BCUT2D eigenvalue weighted by molar-refractivity contribution is 5.94. The molecule has 41 heavy (non-hydrogen) atoms. The Balaban J connectivity index is 1.24. The number of aromatic amines is 2. The number of benzene rings is 2. The molecule has 0 unspecified atom stereocenters. The van der Waals surface area contributed by atoms with Crippen molar-refractivity contribution >= 4 is 16.8 Å². The zero-order chi connectivity index (χ0) is 28.6. The largest absolute Gasteiger partial charge is 0.496 e. The Morgan fingerprint density at radius 2 is 1.95 bits per heavy atom. The van der Waals surface area contributed by atoms with Crippen molar-refractivity contribution in [1.29, 1.82) is 5.26 Å². The maximum Gasteiger partial charge on any atom is 0.251 e. The lowest BCUT2D eigenvalue weighted by Gasteiger charge is -2.53. The molecule has 4 aromatic rings. The molecular formula is C33H35N5O3. The Labute approximate surface area is 239 Å². The van der Waals surface area contributed by atoms with Crippen molar-refractivity contribution in [3.8, 4) is 11.8 Å². The molecule has 1 spiro atoms. The zero-order valence-corrected chi connectivity index (χ0v) is 23.5. The molecule has 210 valence electrons. The van der Waals surface area contributed by atoms with Gasteiger partial charge in [0.25, 0.3) is 5.91 Å². The number of carbonyl (C=O) groups excluding carboxylic acids is 1. The minimum atomic E-state index is -0.169. The number of methoxy groups -OCH3 is 1. The lowest BCUT2D eigenvalue weighted by Crippen LogP contribution is -2.48. The third kappa shape index (κ3) is 5.25. The molecule has 3 heterocycles. The van der Waals surface area contributed by atoms with Crippen LogP contribution in [0.2, 0.25) is 0 Å². The highest BCUT2D eigenvalue weighted by Gasteiger charge is 2.49. The second kappa shape index (κ2) is 10.9. The first kappa shape index (κ1) is 26.9. The molecule has 6 rings (SSSR count). The molecule has 8 heteroatoms. The number of carbonyl (C=O) groups is 1. The standard InChI is InChI=1S/C33H35N5O3/c1-21-13-29(41-2)27(26-9-11-35-31(21)26)20-38-12-10-33(14-23(15-33)17-34)16-28(38)24-4-6-25(7-5-24)32(40)37-19-22-3-8-30(39)36-18-22/h3-9,11,13,18,23,28,35H,10,12,14-16,19-20H2,1-2H3,(H,36,39)(H,37,40)/t23?,28-,33?/m0/s1. The molecule has 2 aromatic carbocycles. The van der Waals surface area contributed by atoms with Crippen LogP contribution in [0.25, 0.3) is 10.9 Å². The first-order chi connectivity index (χ1) is 19.9. The maximum atomic E-state index is 12.9. The molecule has 2 fully saturated rings. The van der Waals surface area contributed by atoms with E-state index in [4.69, 9.17) is 4.74 Å². The second-order valence-electron chi connectivity index (χ2n) is 11.7. The van der Waals surface area contributed by atoms with Crippen LogP contribution in [-0.4, -0.2) is 34.4 Å². The van der Waals surface area contributed by atoms with E-state index < -0.39 is 0 Å². The molecule has 1 aliphatic carbocycles. The number of pyridine rings is 1. The van der Waals surface area contributed by atoms with Crippen LogP contribution in [0.1, 0.15) is 64.3 Å². The number of aryl methyl sites for hydroxylation is 1. The fourth-order valence-corrected chi connectivity index (χ4v) is 6.82. The van der Waals surface area contributed by atoms with Crippen molar-refractivity contribution in [2.45, 2.75) is 51.7 Å². The number of H-pyrrole nitrogens is 2. The molecule has 0 bridgehead atoms. The second-order valence-corrected chi connectivity index (χ2v) is 11.7. The summed E-state index contributed by atoms with van der Waals surface area (Å²) in [5, 5.41) is 13.6. The van der Waals surface area contributed by atoms with Crippen LogP contribution >= 0.6 is 0 Å². The highest BCUT2D eigenvalue weighted by Crippen LogP contribution is 2.56. The van der Waals surface area contributed by atoms with E-state index in [0.29, 0.717) is 12.1 Å². The van der Waals surface area contributed by atoms with Gasteiger partial charge < -0.3 is 20.0 Å². The van der Waals surface area contributed by atoms with Gasteiger partial charge in [-0.3, -0.25) is 14.5 Å². The summed E-state index contributed by atoms with van der Waals surface area (Å²) in [7, 11) is 1.73. The van der Waals surface area contributed by atoms with E-state index in [1.54, 1.807) is 19.4 Å². The van der Waals surface area contributed by atoms with Gasteiger partial charge in [0.1, 0.15) is 5.75 Å². The first-order valence-corrected chi connectivity index (χ1v) is 14.2. The minimum Gasteiger partial charge on any atom is -0.496 e. The van der Waals surface area contributed by atoms with Crippen LogP contribution < -0.4 is 15.6 Å². The summed E-state index contributed by atoms with van der Waals surface area (Å²) in [6.45, 7) is 4.12. The van der Waals surface area contributed by atoms with Gasteiger partial charge in [-0.25, -0.2) is 0 Å². The van der Waals surface area contributed by atoms with E-state index in [-0.39, 0.29) is 28.8 Å². The number of hydrogen-bond acceptors (Lipinski definition) is 5. The van der Waals surface area contributed by atoms with Gasteiger partial charge in [0, 0.05) is 65.5 Å². The van der Waals surface area contributed by atoms with Crippen LogP contribution in [0.15, 0.2) is 65.7 Å². The predicted molar refractivity (Wildman–Crippen MR) is 157 cm³/mol. The molecule has 2 aliphatic rings. The summed E-state index contributed by atoms with van der Waals surface area (Å²) in [4.78, 5) is 32.7. The fourth-order valence-electron chi connectivity index (χ4n) is 6.82. The van der Waals surface area contributed by atoms with Crippen molar-refractivity contribution in [3.05, 3.63) is 99.1 Å². The fraction of sp³-hybridized carbons (Fsp3) is 0.364. The summed E-state index contributed by atoms with van der Waals surface area (Å²) in [6.07, 6.45) is 7.61. The number of nitrogens with one attached hydrogen (secondary N) is 3. The molecule has 3 N–H and O–H groups in total. The Morgan fingerprint density at radius 1 is 1.15 bits per heavy atom. The third-order valence-electron chi connectivity index (χ3n) is 9.09. The van der Waals surface area contributed by atoms with Gasteiger partial charge in [-0.15, -0.1) is 0 Å². The number of amides is 1. The van der Waals surface area contributed by atoms with Crippen molar-refractivity contribution in [1.82, 2.24) is 20.2 Å². The smallest absolute Gasteiger partial charge is 0.251 e. The predicted octanol–water partition coefficient (Wildman–Crippen LogP) is 5.36. The molecule has 2 aromatic heterocycles. The van der Waals surface area contributed by atoms with Gasteiger partial charge in [-0.2, -0.15) is 5.26 Å². The molecule has 1 atom stereocenters. The lowest BCUT2D eigenvalue weighted by molar-refractivity contribution is -0.0298. The molecule has 0 radical (unpaired) electrons. The maximum absolute atomic E-state index is 12.9. The number of nitrogens with zero attached hydrogens (tertiary/aromatic N) is 2. The van der Waals surface area contributed by atoms with E-state index >= 15 is 0 Å². The molecule has 1 saturated heterocycles. The van der Waals surface area contributed by atoms with Crippen molar-refractivity contribution in [2.24, 2.45) is 11.3 Å². The monoisotopic (exact) mass is 549 g/mol. The normalized spacial score (nSPS) is 22.3. The number of fused-ring (bicyclic) bond motifs is 1. The number of piperidine rings is 1. The lowest BCUT2D eigenvalue weighted by atomic mass is 9.56. The van der Waals surface area contributed by atoms with E-state index in [1.165, 1.54) is 22.6 Å². The summed E-state index contributed by atoms with van der Waals surface area (Å²) in [6, 6.07) is 18.0. The quantitative estimate of drug-likeness (QED) is 0.287. The van der Waals surface area contributed by atoms with E-state index in [2.05, 4.69) is 57.4 Å². The van der Waals surface area contributed by atoms with E-state index in [0.717, 1.165) is 61.2 Å². The summed E-state index contributed by atoms with van der Waals surface area (Å²) >= 11 is 0. The number of likely N-dealkylation sites (tertiary alicyclic amines) is 1. The SMILES string of the molecule is COc1cc(C)c2[nH]ccc2c1CN1CCC2(CC(C#N)C2)C[C@H]1c1ccc(C(=O)NCc2ccc(=O)[nH]c2)cc1. The average molecular weight is 550 g/mol. The molecule has 8 nitrogen and oxygen atoms in total. The number of ether oxygens (including phenoxy) is 1. The third-order valence-corrected chi connectivity index (χ3v) is 9.09. The molecule has 1 amide bonds. The van der Waals surface area contributed by atoms with Crippen LogP contribution in [0.3, 0.4) is 0 Å². The molecule has 1 saturated carbocycles. The van der Waals surface area contributed by atoms with Crippen molar-refractivity contribution in [3.63, 3.8) is 0 Å². The first-order valence-electron chi connectivity index (χ1n) is 14.2. The average Bonchev–Trinajstić information content (AvgIpc) is 3.48. The van der Waals surface area contributed by atoms with Crippen LogP contribution in [-0.2, 0) is 13.1 Å². The highest BCUT2D eigenvalue weighted by atomic mass is 16.5. The van der Waals surface area contributed by atoms with E-state index in [9.17, 15) is 14.9 Å². The van der Waals surface area contributed by atoms with Gasteiger partial charge in [-0.05, 0) is 85.5 Å². The van der Waals surface area contributed by atoms with Crippen LogP contribution in [0.5, 0.6) is 5.75 Å². The summed E-state index contributed by atoms with van der Waals surface area (Å²) in [5.41, 5.74) is 6.11. The minimum absolute atomic E-state index is 0.158. The number of hydrogen-bond donors (Lipinski definition) is 3. The topological polar surface area (TPSA) is 114 Å². The Morgan fingerprint density at radius 3 is 2.66 bits per heavy atom. The van der Waals surface area contributed by atoms with Gasteiger partial charge in [-0.1, -0.05) is 18.2 Å². The number of nitriles is 1. The van der Waals surface area contributed by atoms with Crippen LogP contribution in [0.4, 0.5) is 0 Å². The van der Waals surface area contributed by atoms with Crippen molar-refractivity contribution < 1.29 is 9.53 Å². The van der Waals surface area contributed by atoms with Gasteiger partial charge in [0.15, 0.2) is 0 Å². The Hall–Kier alpha value is -4.35. The van der Waals surface area contributed by atoms with Crippen molar-refractivity contribution in [2.75, 3.05) is 13.7 Å². The summed E-state index contributed by atoms with van der Waals surface area (Å²) < 4.78 is 5.85. The van der Waals surface area contributed by atoms with Crippen LogP contribution in [0, 0.1) is 29.6 Å². The Kier molecular flexibility index (Phi) is 7.14. The van der Waals surface area contributed by atoms with Gasteiger partial charge in [0.05, 0.1) is 13.2 Å². The molecular weight excluding hydrogens is 514 g/mol.